The van der Waals surface area contributed by atoms with E-state index < -0.39 is 42.7 Å². The summed E-state index contributed by atoms with van der Waals surface area (Å²) in [6.07, 6.45) is -7.71. The Hall–Kier alpha value is -3.15. The lowest BCUT2D eigenvalue weighted by molar-refractivity contribution is -0.277. The number of rotatable bonds is 6. The summed E-state index contributed by atoms with van der Waals surface area (Å²) in [6, 6.07) is 11.6. The molecule has 0 saturated carbocycles. The largest absolute Gasteiger partial charge is 0.493 e. The third-order valence-electron chi connectivity index (χ3n) is 5.47. The van der Waals surface area contributed by atoms with Gasteiger partial charge in [0.2, 0.25) is 17.5 Å². The van der Waals surface area contributed by atoms with Gasteiger partial charge in [0.05, 0.1) is 26.2 Å². The molecule has 1 aliphatic heterocycles. The van der Waals surface area contributed by atoms with E-state index in [2.05, 4.69) is 0 Å². The average molecular weight is 460 g/mol. The van der Waals surface area contributed by atoms with E-state index in [0.717, 1.165) is 0 Å². The Kier molecular flexibility index (Phi) is 6.54. The van der Waals surface area contributed by atoms with E-state index in [4.69, 9.17) is 23.4 Å². The first-order valence-electron chi connectivity index (χ1n) is 10.1. The molecular weight excluding hydrogens is 436 g/mol. The molecule has 3 aromatic rings. The van der Waals surface area contributed by atoms with Crippen LogP contribution in [0.4, 0.5) is 0 Å². The van der Waals surface area contributed by atoms with Crippen LogP contribution in [0.5, 0.6) is 17.2 Å². The van der Waals surface area contributed by atoms with E-state index >= 15 is 0 Å². The van der Waals surface area contributed by atoms with Crippen LogP contribution < -0.4 is 19.6 Å². The first-order valence-corrected chi connectivity index (χ1v) is 10.1. The molecule has 176 valence electrons. The minimum absolute atomic E-state index is 0.0530. The van der Waals surface area contributed by atoms with Gasteiger partial charge in [-0.25, -0.2) is 0 Å². The summed E-state index contributed by atoms with van der Waals surface area (Å²) in [5.41, 5.74) is 0.122. The number of aliphatic hydroxyl groups excluding tert-OH is 4. The predicted octanol–water partition coefficient (Wildman–Crippen LogP) is 0.656. The number of methoxy groups -OCH3 is 2. The van der Waals surface area contributed by atoms with Crippen LogP contribution in [0.1, 0.15) is 0 Å². The molecule has 0 bridgehead atoms. The summed E-state index contributed by atoms with van der Waals surface area (Å²) in [6.45, 7) is -0.639. The minimum Gasteiger partial charge on any atom is -0.493 e. The minimum atomic E-state index is -1.70. The van der Waals surface area contributed by atoms with E-state index in [1.54, 1.807) is 30.3 Å². The first kappa shape index (κ1) is 23.0. The molecule has 0 amide bonds. The molecule has 2 aromatic carbocycles. The summed E-state index contributed by atoms with van der Waals surface area (Å²) in [5, 5.41) is 40.1. The predicted molar refractivity (Wildman–Crippen MR) is 115 cm³/mol. The molecule has 0 aliphatic carbocycles. The van der Waals surface area contributed by atoms with E-state index in [-0.39, 0.29) is 22.5 Å². The third-order valence-corrected chi connectivity index (χ3v) is 5.47. The van der Waals surface area contributed by atoms with Crippen LogP contribution in [-0.4, -0.2) is 72.0 Å². The Morgan fingerprint density at radius 1 is 0.939 bits per heavy atom. The van der Waals surface area contributed by atoms with Gasteiger partial charge in [-0.2, -0.15) is 0 Å². The second-order valence-electron chi connectivity index (χ2n) is 7.47. The van der Waals surface area contributed by atoms with Crippen molar-refractivity contribution >= 4 is 11.0 Å². The highest BCUT2D eigenvalue weighted by molar-refractivity contribution is 5.85. The average Bonchev–Trinajstić information content (AvgIpc) is 2.85. The van der Waals surface area contributed by atoms with Crippen molar-refractivity contribution in [3.63, 3.8) is 0 Å². The van der Waals surface area contributed by atoms with E-state index in [9.17, 15) is 25.2 Å². The van der Waals surface area contributed by atoms with Crippen molar-refractivity contribution in [2.24, 2.45) is 0 Å². The molecule has 10 heteroatoms. The third kappa shape index (κ3) is 4.14. The van der Waals surface area contributed by atoms with Crippen LogP contribution in [0, 0.1) is 0 Å². The highest BCUT2D eigenvalue weighted by atomic mass is 16.7. The van der Waals surface area contributed by atoms with Crippen LogP contribution in [0.2, 0.25) is 0 Å². The molecule has 0 unspecified atom stereocenters. The summed E-state index contributed by atoms with van der Waals surface area (Å²) in [7, 11) is 2.88. The van der Waals surface area contributed by atoms with Gasteiger partial charge in [0.1, 0.15) is 30.0 Å². The van der Waals surface area contributed by atoms with Crippen LogP contribution >= 0.6 is 0 Å². The molecular formula is C23H24O10. The first-order chi connectivity index (χ1) is 15.9. The van der Waals surface area contributed by atoms with E-state index in [1.807, 2.05) is 0 Å². The number of aliphatic hydroxyl groups is 4. The molecule has 1 fully saturated rings. The number of ether oxygens (including phenoxy) is 4. The molecule has 0 spiro atoms. The second-order valence-corrected chi connectivity index (χ2v) is 7.47. The fourth-order valence-electron chi connectivity index (χ4n) is 3.67. The smallest absolute Gasteiger partial charge is 0.235 e. The highest BCUT2D eigenvalue weighted by Crippen LogP contribution is 2.37. The van der Waals surface area contributed by atoms with Gasteiger partial charge < -0.3 is 43.8 Å². The molecule has 4 N–H and O–H groups in total. The Morgan fingerprint density at radius 2 is 1.61 bits per heavy atom. The van der Waals surface area contributed by atoms with E-state index in [0.29, 0.717) is 17.1 Å². The molecule has 2 heterocycles. The van der Waals surface area contributed by atoms with Gasteiger partial charge in [-0.3, -0.25) is 4.79 Å². The normalized spacial score (nSPS) is 25.1. The standard InChI is InChI=1S/C23H24O10/c1-29-14-8-12-13(9-15(14)30-2)31-21(11-6-4-3-5-7-11)22(17(12)25)33-23-20(28)19(27)18(26)16(10-24)32-23/h3-9,16,18-20,23-24,26-28H,10H2,1-2H3/t16-,18+,19+,20-,23+/m1/s1. The maximum atomic E-state index is 13.5. The lowest BCUT2D eigenvalue weighted by atomic mass is 9.99. The zero-order valence-electron chi connectivity index (χ0n) is 17.9. The lowest BCUT2D eigenvalue weighted by Crippen LogP contribution is -2.60. The molecule has 5 atom stereocenters. The fourth-order valence-corrected chi connectivity index (χ4v) is 3.67. The summed E-state index contributed by atoms with van der Waals surface area (Å²) in [5.74, 6) is 0.417. The Morgan fingerprint density at radius 3 is 2.24 bits per heavy atom. The molecule has 1 aliphatic rings. The van der Waals surface area contributed by atoms with Crippen LogP contribution in [0.25, 0.3) is 22.3 Å². The lowest BCUT2D eigenvalue weighted by Gasteiger charge is -2.39. The van der Waals surface area contributed by atoms with Gasteiger partial charge >= 0.3 is 0 Å². The maximum absolute atomic E-state index is 13.5. The zero-order valence-corrected chi connectivity index (χ0v) is 17.9. The maximum Gasteiger partial charge on any atom is 0.235 e. The number of fused-ring (bicyclic) bond motifs is 1. The van der Waals surface area contributed by atoms with Crippen LogP contribution in [0.3, 0.4) is 0 Å². The van der Waals surface area contributed by atoms with Crippen molar-refractivity contribution in [3.05, 3.63) is 52.7 Å². The van der Waals surface area contributed by atoms with Crippen molar-refractivity contribution in [2.75, 3.05) is 20.8 Å². The highest BCUT2D eigenvalue weighted by Gasteiger charge is 2.45. The Labute approximate surface area is 188 Å². The number of benzene rings is 2. The Balaban J connectivity index is 1.88. The van der Waals surface area contributed by atoms with Gasteiger partial charge in [0.15, 0.2) is 17.3 Å². The van der Waals surface area contributed by atoms with Gasteiger partial charge in [-0.15, -0.1) is 0 Å². The Bertz CT molecular complexity index is 1170. The second kappa shape index (κ2) is 9.38. The van der Waals surface area contributed by atoms with Crippen LogP contribution in [0.15, 0.2) is 51.7 Å². The summed E-state index contributed by atoms with van der Waals surface area (Å²) < 4.78 is 27.7. The fraction of sp³-hybridized carbons (Fsp3) is 0.348. The van der Waals surface area contributed by atoms with Crippen molar-refractivity contribution in [1.82, 2.24) is 0 Å². The number of hydrogen-bond acceptors (Lipinski definition) is 10. The monoisotopic (exact) mass is 460 g/mol. The van der Waals surface area contributed by atoms with E-state index in [1.165, 1.54) is 26.4 Å². The van der Waals surface area contributed by atoms with Crippen molar-refractivity contribution in [2.45, 2.75) is 30.7 Å². The zero-order chi connectivity index (χ0) is 23.7. The van der Waals surface area contributed by atoms with Gasteiger partial charge in [-0.1, -0.05) is 30.3 Å². The molecule has 10 nitrogen and oxygen atoms in total. The molecule has 1 saturated heterocycles. The van der Waals surface area contributed by atoms with Gasteiger partial charge in [0.25, 0.3) is 0 Å². The molecule has 0 radical (unpaired) electrons. The number of hydrogen-bond donors (Lipinski definition) is 4. The van der Waals surface area contributed by atoms with Gasteiger partial charge in [0, 0.05) is 11.6 Å². The van der Waals surface area contributed by atoms with Gasteiger partial charge in [-0.05, 0) is 6.07 Å². The van der Waals surface area contributed by atoms with Crippen molar-refractivity contribution in [1.29, 1.82) is 0 Å². The molecule has 4 rings (SSSR count). The topological polar surface area (TPSA) is 148 Å². The quantitative estimate of drug-likeness (QED) is 0.413. The summed E-state index contributed by atoms with van der Waals surface area (Å²) >= 11 is 0. The SMILES string of the molecule is COc1cc2oc(-c3ccccc3)c(O[C@@H]3O[C@H](CO)[C@H](O)[C@H](O)[C@H]3O)c(=O)c2cc1OC. The molecule has 1 aromatic heterocycles. The van der Waals surface area contributed by atoms with Crippen LogP contribution in [-0.2, 0) is 4.74 Å². The summed E-state index contributed by atoms with van der Waals surface area (Å²) in [4.78, 5) is 13.5. The molecule has 33 heavy (non-hydrogen) atoms. The van der Waals surface area contributed by atoms with Crippen molar-refractivity contribution < 1.29 is 43.8 Å². The van der Waals surface area contributed by atoms with Crippen molar-refractivity contribution in [3.8, 4) is 28.6 Å².